The van der Waals surface area contributed by atoms with Gasteiger partial charge < -0.3 is 14.5 Å². The van der Waals surface area contributed by atoms with Gasteiger partial charge >= 0.3 is 0 Å². The Kier molecular flexibility index (Phi) is 5.95. The van der Waals surface area contributed by atoms with Crippen molar-refractivity contribution in [2.45, 2.75) is 32.1 Å². The van der Waals surface area contributed by atoms with Crippen LogP contribution < -0.4 is 4.74 Å². The number of fused-ring (bicyclic) bond motifs is 1. The van der Waals surface area contributed by atoms with E-state index in [0.29, 0.717) is 39.2 Å². The number of carbonyl (C=O) groups is 2. The molecule has 1 fully saturated rings. The Morgan fingerprint density at radius 3 is 2.71 bits per heavy atom. The first-order valence-electron chi connectivity index (χ1n) is 10.1. The Balaban J connectivity index is 1.34. The number of carbonyl (C=O) groups excluding carboxylic acids is 2. The molecule has 6 heteroatoms. The van der Waals surface area contributed by atoms with Crippen molar-refractivity contribution in [2.24, 2.45) is 0 Å². The molecule has 4 rings (SSSR count). The topological polar surface area (TPSA) is 49.9 Å². The van der Waals surface area contributed by atoms with E-state index in [2.05, 4.69) is 5.38 Å². The van der Waals surface area contributed by atoms with Gasteiger partial charge in [-0.1, -0.05) is 18.2 Å². The lowest BCUT2D eigenvalue weighted by Gasteiger charge is -2.23. The molecule has 0 saturated carbocycles. The third-order valence-corrected chi connectivity index (χ3v) is 6.61. The predicted octanol–water partition coefficient (Wildman–Crippen LogP) is 3.38. The van der Waals surface area contributed by atoms with Crippen molar-refractivity contribution in [1.82, 2.24) is 9.80 Å². The maximum absolute atomic E-state index is 13.1. The number of thiophene rings is 1. The third-order valence-electron chi connectivity index (χ3n) is 5.55. The van der Waals surface area contributed by atoms with Crippen LogP contribution in [0.4, 0.5) is 0 Å². The van der Waals surface area contributed by atoms with E-state index in [4.69, 9.17) is 4.74 Å². The Labute approximate surface area is 169 Å². The second kappa shape index (κ2) is 8.78. The van der Waals surface area contributed by atoms with E-state index in [1.807, 2.05) is 40.1 Å². The lowest BCUT2D eigenvalue weighted by Crippen LogP contribution is -2.37. The molecule has 0 spiro atoms. The first-order chi connectivity index (χ1) is 13.7. The molecule has 0 radical (unpaired) electrons. The Morgan fingerprint density at radius 2 is 1.86 bits per heavy atom. The van der Waals surface area contributed by atoms with E-state index in [1.54, 1.807) is 11.3 Å². The number of nitrogens with zero attached hydrogens (tertiary/aromatic N) is 2. The molecule has 0 unspecified atom stereocenters. The molecule has 2 amide bonds. The second-order valence-electron chi connectivity index (χ2n) is 7.36. The maximum Gasteiger partial charge on any atom is 0.264 e. The minimum atomic E-state index is 0.0974. The number of rotatable bonds is 5. The highest BCUT2D eigenvalue weighted by molar-refractivity contribution is 7.12. The van der Waals surface area contributed by atoms with Crippen LogP contribution in [0, 0.1) is 0 Å². The highest BCUT2D eigenvalue weighted by atomic mass is 32.1. The molecule has 1 saturated heterocycles. The molecule has 1 aliphatic carbocycles. The zero-order valence-electron chi connectivity index (χ0n) is 16.1. The normalized spacial score (nSPS) is 17.2. The monoisotopic (exact) mass is 398 g/mol. The lowest BCUT2D eigenvalue weighted by molar-refractivity contribution is -0.130. The quantitative estimate of drug-likeness (QED) is 0.776. The average Bonchev–Trinajstić information content (AvgIpc) is 3.07. The molecule has 2 heterocycles. The highest BCUT2D eigenvalue weighted by Crippen LogP contribution is 2.31. The molecule has 28 heavy (non-hydrogen) atoms. The minimum absolute atomic E-state index is 0.0974. The van der Waals surface area contributed by atoms with E-state index < -0.39 is 0 Å². The van der Waals surface area contributed by atoms with Gasteiger partial charge in [0.05, 0.1) is 11.4 Å². The summed E-state index contributed by atoms with van der Waals surface area (Å²) in [4.78, 5) is 30.1. The van der Waals surface area contributed by atoms with Gasteiger partial charge in [-0.2, -0.15) is 0 Å². The number of ether oxygens (including phenoxy) is 1. The van der Waals surface area contributed by atoms with Crippen LogP contribution in [0.5, 0.6) is 5.75 Å². The molecular formula is C22H26N2O3S. The summed E-state index contributed by atoms with van der Waals surface area (Å²) in [6, 6.07) is 9.62. The minimum Gasteiger partial charge on any atom is -0.492 e. The van der Waals surface area contributed by atoms with Gasteiger partial charge in [0, 0.05) is 26.1 Å². The van der Waals surface area contributed by atoms with Crippen molar-refractivity contribution in [1.29, 1.82) is 0 Å². The summed E-state index contributed by atoms with van der Waals surface area (Å²) in [6.07, 6.45) is 4.86. The molecule has 148 valence electrons. The molecule has 0 bridgehead atoms. The van der Waals surface area contributed by atoms with Crippen molar-refractivity contribution in [2.75, 3.05) is 32.8 Å². The van der Waals surface area contributed by atoms with E-state index in [9.17, 15) is 9.59 Å². The van der Waals surface area contributed by atoms with Crippen LogP contribution in [0.15, 0.2) is 35.7 Å². The molecule has 2 aliphatic rings. The molecule has 2 aromatic rings. The Morgan fingerprint density at radius 1 is 1.04 bits per heavy atom. The predicted molar refractivity (Wildman–Crippen MR) is 110 cm³/mol. The van der Waals surface area contributed by atoms with Gasteiger partial charge in [-0.25, -0.2) is 0 Å². The smallest absolute Gasteiger partial charge is 0.264 e. The Bertz CT molecular complexity index is 834. The molecule has 1 aromatic heterocycles. The number of para-hydroxylation sites is 1. The maximum atomic E-state index is 13.1. The van der Waals surface area contributed by atoms with Crippen LogP contribution in [-0.2, 0) is 17.6 Å². The van der Waals surface area contributed by atoms with Crippen molar-refractivity contribution < 1.29 is 14.3 Å². The van der Waals surface area contributed by atoms with Crippen LogP contribution in [0.3, 0.4) is 0 Å². The van der Waals surface area contributed by atoms with Crippen LogP contribution >= 0.6 is 11.3 Å². The van der Waals surface area contributed by atoms with Gasteiger partial charge in [0.2, 0.25) is 5.91 Å². The largest absolute Gasteiger partial charge is 0.492 e. The van der Waals surface area contributed by atoms with Gasteiger partial charge in [0.25, 0.3) is 5.91 Å². The molecule has 1 aromatic carbocycles. The average molecular weight is 399 g/mol. The number of aryl methyl sites for hydroxylation is 1. The second-order valence-corrected chi connectivity index (χ2v) is 8.24. The van der Waals surface area contributed by atoms with E-state index in [-0.39, 0.29) is 11.8 Å². The molecule has 5 nitrogen and oxygen atoms in total. The van der Waals surface area contributed by atoms with Crippen LogP contribution in [-0.4, -0.2) is 54.4 Å². The third kappa shape index (κ3) is 4.22. The summed E-state index contributed by atoms with van der Waals surface area (Å²) in [7, 11) is 0. The summed E-state index contributed by atoms with van der Waals surface area (Å²) < 4.78 is 5.72. The van der Waals surface area contributed by atoms with Gasteiger partial charge in [-0.05, 0) is 54.3 Å². The molecule has 1 aliphatic heterocycles. The van der Waals surface area contributed by atoms with Crippen molar-refractivity contribution >= 4 is 23.2 Å². The summed E-state index contributed by atoms with van der Waals surface area (Å²) in [5.74, 6) is 1.01. The first-order valence-corrected chi connectivity index (χ1v) is 10.9. The fourth-order valence-electron chi connectivity index (χ4n) is 3.94. The van der Waals surface area contributed by atoms with Crippen molar-refractivity contribution in [3.63, 3.8) is 0 Å². The van der Waals surface area contributed by atoms with Crippen LogP contribution in [0.1, 0.15) is 40.1 Å². The number of hydrogen-bond acceptors (Lipinski definition) is 4. The number of amides is 2. The Hall–Kier alpha value is -2.34. The zero-order valence-corrected chi connectivity index (χ0v) is 16.9. The van der Waals surface area contributed by atoms with Crippen LogP contribution in [0.25, 0.3) is 0 Å². The summed E-state index contributed by atoms with van der Waals surface area (Å²) in [5.41, 5.74) is 2.61. The molecule has 0 atom stereocenters. The fraction of sp³-hybridized carbons (Fsp3) is 0.455. The first kappa shape index (κ1) is 19.0. The lowest BCUT2D eigenvalue weighted by atomic mass is 9.93. The zero-order chi connectivity index (χ0) is 19.3. The van der Waals surface area contributed by atoms with E-state index in [1.165, 1.54) is 17.5 Å². The number of hydrogen-bond donors (Lipinski definition) is 0. The van der Waals surface area contributed by atoms with Crippen molar-refractivity contribution in [3.05, 3.63) is 51.7 Å². The molecular weight excluding hydrogens is 372 g/mol. The summed E-state index contributed by atoms with van der Waals surface area (Å²) in [6.45, 7) is 2.66. The molecule has 0 N–H and O–H groups in total. The van der Waals surface area contributed by atoms with Gasteiger partial charge in [0.1, 0.15) is 12.4 Å². The van der Waals surface area contributed by atoms with Gasteiger partial charge in [0.15, 0.2) is 0 Å². The van der Waals surface area contributed by atoms with E-state index >= 15 is 0 Å². The van der Waals surface area contributed by atoms with Gasteiger partial charge in [-0.3, -0.25) is 9.59 Å². The standard InChI is InChI=1S/C22H26N2O3S/c25-20-10-11-24(22(26)21-19-9-5-4-6-17(19)16-28-21)13-12-23(20)14-15-27-18-7-2-1-3-8-18/h1-3,7-8,16H,4-6,9-15H2. The van der Waals surface area contributed by atoms with E-state index in [0.717, 1.165) is 29.9 Å². The SMILES string of the molecule is O=C1CCN(C(=O)c2scc3c2CCCC3)CCN1CCOc1ccccc1. The number of benzene rings is 1. The summed E-state index contributed by atoms with van der Waals surface area (Å²) in [5, 5.41) is 2.15. The summed E-state index contributed by atoms with van der Waals surface area (Å²) >= 11 is 1.58. The van der Waals surface area contributed by atoms with Crippen LogP contribution in [0.2, 0.25) is 0 Å². The van der Waals surface area contributed by atoms with Gasteiger partial charge in [-0.15, -0.1) is 11.3 Å². The fourth-order valence-corrected chi connectivity index (χ4v) is 5.06. The highest BCUT2D eigenvalue weighted by Gasteiger charge is 2.28. The van der Waals surface area contributed by atoms with Crippen molar-refractivity contribution in [3.8, 4) is 5.75 Å².